The summed E-state index contributed by atoms with van der Waals surface area (Å²) in [6, 6.07) is 6.36. The van der Waals surface area contributed by atoms with Crippen molar-refractivity contribution in [3.05, 3.63) is 58.9 Å². The number of rotatable bonds is 4. The third-order valence-corrected chi connectivity index (χ3v) is 5.19. The van der Waals surface area contributed by atoms with Crippen LogP contribution in [0.5, 0.6) is 0 Å². The maximum Gasteiger partial charge on any atom is 0.241 e. The van der Waals surface area contributed by atoms with Gasteiger partial charge in [0.1, 0.15) is 22.2 Å². The quantitative estimate of drug-likeness (QED) is 0.722. The predicted molar refractivity (Wildman–Crippen MR) is 93.0 cm³/mol. The number of hydrogen-bond donors (Lipinski definition) is 1. The number of nitrogens with two attached hydrogens (primary N) is 1. The zero-order chi connectivity index (χ0) is 19.9. The van der Waals surface area contributed by atoms with Gasteiger partial charge in [-0.2, -0.15) is 0 Å². The summed E-state index contributed by atoms with van der Waals surface area (Å²) in [6.07, 6.45) is 0. The molecule has 27 heavy (non-hydrogen) atoms. The van der Waals surface area contributed by atoms with Crippen molar-refractivity contribution in [1.82, 2.24) is 5.16 Å². The SMILES string of the molecule is Cc1ccc(-c2noc(CF)c2-c2cc(F)c(S(N)(=O)=O)cc2F)cc1C. The molecule has 5 nitrogen and oxygen atoms in total. The van der Waals surface area contributed by atoms with Crippen molar-refractivity contribution in [1.29, 1.82) is 0 Å². The van der Waals surface area contributed by atoms with Crippen LogP contribution in [0.3, 0.4) is 0 Å². The van der Waals surface area contributed by atoms with Gasteiger partial charge in [0.05, 0.1) is 5.56 Å². The third-order valence-electron chi connectivity index (χ3n) is 4.26. The molecule has 1 aromatic heterocycles. The second-order valence-electron chi connectivity index (χ2n) is 6.07. The summed E-state index contributed by atoms with van der Waals surface area (Å²) in [7, 11) is -4.46. The normalized spacial score (nSPS) is 11.8. The van der Waals surface area contributed by atoms with Gasteiger partial charge in [-0.3, -0.25) is 0 Å². The molecule has 3 rings (SSSR count). The van der Waals surface area contributed by atoms with Crippen molar-refractivity contribution in [3.8, 4) is 22.4 Å². The van der Waals surface area contributed by atoms with Gasteiger partial charge < -0.3 is 4.52 Å². The number of aromatic nitrogens is 1. The zero-order valence-electron chi connectivity index (χ0n) is 14.4. The van der Waals surface area contributed by atoms with E-state index in [4.69, 9.17) is 9.66 Å². The molecular weight excluding hydrogens is 381 g/mol. The number of nitrogens with zero attached hydrogens (tertiary/aromatic N) is 1. The van der Waals surface area contributed by atoms with Crippen LogP contribution < -0.4 is 5.14 Å². The molecule has 0 aliphatic rings. The van der Waals surface area contributed by atoms with E-state index in [0.717, 1.165) is 11.1 Å². The van der Waals surface area contributed by atoms with Crippen molar-refractivity contribution in [2.75, 3.05) is 0 Å². The summed E-state index contributed by atoms with van der Waals surface area (Å²) in [6.45, 7) is 2.65. The highest BCUT2D eigenvalue weighted by molar-refractivity contribution is 7.89. The van der Waals surface area contributed by atoms with Crippen LogP contribution in [-0.2, 0) is 16.7 Å². The van der Waals surface area contributed by atoms with E-state index in [1.165, 1.54) is 0 Å². The first-order chi connectivity index (χ1) is 12.6. The van der Waals surface area contributed by atoms with Gasteiger partial charge in [0.25, 0.3) is 0 Å². The monoisotopic (exact) mass is 396 g/mol. The van der Waals surface area contributed by atoms with E-state index in [2.05, 4.69) is 5.16 Å². The van der Waals surface area contributed by atoms with Crippen LogP contribution in [-0.4, -0.2) is 13.6 Å². The maximum absolute atomic E-state index is 14.6. The molecule has 9 heteroatoms. The first-order valence-electron chi connectivity index (χ1n) is 7.77. The Hall–Kier alpha value is -2.65. The second-order valence-corrected chi connectivity index (χ2v) is 7.60. The number of sulfonamides is 1. The van der Waals surface area contributed by atoms with Crippen LogP contribution in [0.4, 0.5) is 13.2 Å². The lowest BCUT2D eigenvalue weighted by molar-refractivity contribution is 0.332. The minimum Gasteiger partial charge on any atom is -0.357 e. The number of aryl methyl sites for hydroxylation is 2. The Morgan fingerprint density at radius 1 is 1.07 bits per heavy atom. The molecular formula is C18H15F3N2O3S. The molecule has 0 spiro atoms. The fourth-order valence-corrected chi connectivity index (χ4v) is 3.32. The number of halogens is 3. The Morgan fingerprint density at radius 2 is 1.78 bits per heavy atom. The molecule has 142 valence electrons. The lowest BCUT2D eigenvalue weighted by Crippen LogP contribution is -2.14. The fourth-order valence-electron chi connectivity index (χ4n) is 2.72. The molecule has 0 radical (unpaired) electrons. The molecule has 0 atom stereocenters. The van der Waals surface area contributed by atoms with Gasteiger partial charge in [-0.15, -0.1) is 0 Å². The second kappa shape index (κ2) is 6.82. The molecule has 3 aromatic rings. The molecule has 0 saturated carbocycles. The molecule has 0 aliphatic heterocycles. The van der Waals surface area contributed by atoms with Crippen LogP contribution in [0, 0.1) is 25.5 Å². The molecule has 2 N–H and O–H groups in total. The van der Waals surface area contributed by atoms with Gasteiger partial charge in [-0.25, -0.2) is 26.7 Å². The first-order valence-corrected chi connectivity index (χ1v) is 9.32. The lowest BCUT2D eigenvalue weighted by Gasteiger charge is -2.09. The van der Waals surface area contributed by atoms with Gasteiger partial charge in [-0.05, 0) is 43.2 Å². The molecule has 2 aromatic carbocycles. The average molecular weight is 396 g/mol. The van der Waals surface area contributed by atoms with Gasteiger partial charge >= 0.3 is 0 Å². The minimum atomic E-state index is -4.46. The van der Waals surface area contributed by atoms with Crippen LogP contribution in [0.1, 0.15) is 16.9 Å². The fraction of sp³-hybridized carbons (Fsp3) is 0.167. The Labute approximate surface area is 153 Å². The van der Waals surface area contributed by atoms with E-state index in [9.17, 15) is 21.6 Å². The van der Waals surface area contributed by atoms with Gasteiger partial charge in [0, 0.05) is 11.1 Å². The third kappa shape index (κ3) is 3.47. The van der Waals surface area contributed by atoms with E-state index in [1.807, 2.05) is 13.8 Å². The maximum atomic E-state index is 14.6. The largest absolute Gasteiger partial charge is 0.357 e. The molecule has 0 fully saturated rings. The van der Waals surface area contributed by atoms with Gasteiger partial charge in [0.2, 0.25) is 10.0 Å². The minimum absolute atomic E-state index is 0.0851. The van der Waals surface area contributed by atoms with E-state index in [-0.39, 0.29) is 22.6 Å². The smallest absolute Gasteiger partial charge is 0.241 e. The van der Waals surface area contributed by atoms with Crippen LogP contribution in [0.15, 0.2) is 39.8 Å². The standard InChI is InChI=1S/C18H15F3N2O3S/c1-9-3-4-11(5-10(9)2)18-17(15(8-19)26-23-18)12-6-14(21)16(7-13(12)20)27(22,24)25/h3-7H,8H2,1-2H3,(H2,22,24,25). The Bertz CT molecular complexity index is 1140. The van der Waals surface area contributed by atoms with Crippen LogP contribution >= 0.6 is 0 Å². The van der Waals surface area contributed by atoms with E-state index < -0.39 is 33.2 Å². The lowest BCUT2D eigenvalue weighted by atomic mass is 9.96. The number of hydrogen-bond acceptors (Lipinski definition) is 4. The highest BCUT2D eigenvalue weighted by Gasteiger charge is 2.25. The first kappa shape index (κ1) is 19.1. The Balaban J connectivity index is 2.27. The molecule has 0 saturated heterocycles. The van der Waals surface area contributed by atoms with Crippen molar-refractivity contribution < 1.29 is 26.1 Å². The van der Waals surface area contributed by atoms with Crippen molar-refractivity contribution in [2.45, 2.75) is 25.4 Å². The summed E-state index contributed by atoms with van der Waals surface area (Å²) in [5, 5.41) is 8.68. The van der Waals surface area contributed by atoms with E-state index >= 15 is 0 Å². The zero-order valence-corrected chi connectivity index (χ0v) is 15.2. The number of benzene rings is 2. The summed E-state index contributed by atoms with van der Waals surface area (Å²) in [4.78, 5) is -0.991. The van der Waals surface area contributed by atoms with Crippen molar-refractivity contribution >= 4 is 10.0 Å². The number of primary sulfonamides is 1. The van der Waals surface area contributed by atoms with Crippen LogP contribution in [0.2, 0.25) is 0 Å². The molecule has 0 unspecified atom stereocenters. The molecule has 1 heterocycles. The summed E-state index contributed by atoms with van der Waals surface area (Å²) < 4.78 is 69.9. The van der Waals surface area contributed by atoms with Crippen molar-refractivity contribution in [3.63, 3.8) is 0 Å². The molecule has 0 aliphatic carbocycles. The van der Waals surface area contributed by atoms with E-state index in [0.29, 0.717) is 17.7 Å². The summed E-state index contributed by atoms with van der Waals surface area (Å²) in [5.41, 5.74) is 2.10. The topological polar surface area (TPSA) is 86.2 Å². The molecule has 0 bridgehead atoms. The summed E-state index contributed by atoms with van der Waals surface area (Å²) >= 11 is 0. The van der Waals surface area contributed by atoms with Gasteiger partial charge in [-0.1, -0.05) is 17.3 Å². The molecule has 0 amide bonds. The van der Waals surface area contributed by atoms with Crippen molar-refractivity contribution in [2.24, 2.45) is 5.14 Å². The van der Waals surface area contributed by atoms with Gasteiger partial charge in [0.15, 0.2) is 12.4 Å². The number of alkyl halides is 1. The predicted octanol–water partition coefficient (Wildman–Crippen LogP) is 4.02. The highest BCUT2D eigenvalue weighted by Crippen LogP contribution is 2.38. The Morgan fingerprint density at radius 3 is 2.37 bits per heavy atom. The highest BCUT2D eigenvalue weighted by atomic mass is 32.2. The summed E-state index contributed by atoms with van der Waals surface area (Å²) in [5.74, 6) is -2.65. The van der Waals surface area contributed by atoms with E-state index in [1.54, 1.807) is 18.2 Å². The Kier molecular flexibility index (Phi) is 4.83. The average Bonchev–Trinajstić information content (AvgIpc) is 3.01. The van der Waals surface area contributed by atoms with Crippen LogP contribution in [0.25, 0.3) is 22.4 Å².